The van der Waals surface area contributed by atoms with Crippen molar-refractivity contribution in [2.24, 2.45) is 5.92 Å². The molecular formula is C15H16N2O3. The Hall–Kier alpha value is -2.43. The van der Waals surface area contributed by atoms with Gasteiger partial charge in [-0.05, 0) is 12.1 Å². The summed E-state index contributed by atoms with van der Waals surface area (Å²) >= 11 is 0. The lowest BCUT2D eigenvalue weighted by molar-refractivity contribution is -0.141. The average Bonchev–Trinajstić information content (AvgIpc) is 2.45. The summed E-state index contributed by atoms with van der Waals surface area (Å²) in [5.74, 6) is -1.80. The summed E-state index contributed by atoms with van der Waals surface area (Å²) in [5, 5.41) is 9.83. The average molecular weight is 272 g/mol. The number of amides is 1. The topological polar surface area (TPSA) is 70.5 Å². The predicted octanol–water partition coefficient (Wildman–Crippen LogP) is 2.03. The quantitative estimate of drug-likeness (QED) is 0.924. The Morgan fingerprint density at radius 3 is 2.65 bits per heavy atom. The number of carbonyl (C=O) groups is 2. The molecule has 2 rings (SSSR count). The molecule has 1 atom stereocenters. The number of nitrogens with zero attached hydrogens (tertiary/aromatic N) is 2. The van der Waals surface area contributed by atoms with Gasteiger partial charge in [-0.25, -0.2) is 4.98 Å². The Bertz CT molecular complexity index is 654. The highest BCUT2D eigenvalue weighted by atomic mass is 16.4. The number of pyridine rings is 1. The maximum Gasteiger partial charge on any atom is 0.308 e. The van der Waals surface area contributed by atoms with Crippen LogP contribution in [0.1, 0.15) is 17.4 Å². The lowest BCUT2D eigenvalue weighted by Gasteiger charge is -2.19. The van der Waals surface area contributed by atoms with Crippen molar-refractivity contribution >= 4 is 22.8 Å². The molecule has 0 saturated heterocycles. The monoisotopic (exact) mass is 272 g/mol. The van der Waals surface area contributed by atoms with Crippen molar-refractivity contribution in [3.05, 3.63) is 42.1 Å². The second kappa shape index (κ2) is 5.69. The third-order valence-corrected chi connectivity index (χ3v) is 3.13. The van der Waals surface area contributed by atoms with Crippen molar-refractivity contribution in [1.29, 1.82) is 0 Å². The van der Waals surface area contributed by atoms with Gasteiger partial charge >= 0.3 is 5.97 Å². The van der Waals surface area contributed by atoms with E-state index in [1.54, 1.807) is 20.0 Å². The maximum absolute atomic E-state index is 12.2. The largest absolute Gasteiger partial charge is 0.481 e. The third kappa shape index (κ3) is 2.93. The fourth-order valence-corrected chi connectivity index (χ4v) is 1.95. The number of carboxylic acid groups (broad SMARTS) is 1. The van der Waals surface area contributed by atoms with Crippen LogP contribution in [0.25, 0.3) is 10.9 Å². The standard InChI is InChI=1S/C15H16N2O3/c1-10(15(19)20)9-17(2)14(18)13-8-7-11-5-3-4-6-12(11)16-13/h3-8,10H,9H2,1-2H3,(H,19,20). The number of carboxylic acids is 1. The van der Waals surface area contributed by atoms with Gasteiger partial charge in [0.05, 0.1) is 11.4 Å². The van der Waals surface area contributed by atoms with Crippen molar-refractivity contribution < 1.29 is 14.7 Å². The van der Waals surface area contributed by atoms with E-state index in [0.717, 1.165) is 10.9 Å². The van der Waals surface area contributed by atoms with Crippen LogP contribution in [0.5, 0.6) is 0 Å². The number of carbonyl (C=O) groups excluding carboxylic acids is 1. The Kier molecular flexibility index (Phi) is 3.98. The predicted molar refractivity (Wildman–Crippen MR) is 75.5 cm³/mol. The van der Waals surface area contributed by atoms with Gasteiger partial charge in [-0.2, -0.15) is 0 Å². The van der Waals surface area contributed by atoms with Gasteiger partial charge in [-0.1, -0.05) is 31.2 Å². The summed E-state index contributed by atoms with van der Waals surface area (Å²) in [6.45, 7) is 1.72. The Morgan fingerprint density at radius 1 is 1.25 bits per heavy atom. The van der Waals surface area contributed by atoms with Gasteiger partial charge in [0.15, 0.2) is 0 Å². The summed E-state index contributed by atoms with van der Waals surface area (Å²) in [6, 6.07) is 11.0. The number of aliphatic carboxylic acids is 1. The molecule has 1 unspecified atom stereocenters. The van der Waals surface area contributed by atoms with E-state index in [9.17, 15) is 9.59 Å². The number of rotatable bonds is 4. The second-order valence-corrected chi connectivity index (χ2v) is 4.81. The number of aromatic nitrogens is 1. The molecule has 0 saturated carbocycles. The first kappa shape index (κ1) is 14.0. The van der Waals surface area contributed by atoms with E-state index in [2.05, 4.69) is 4.98 Å². The molecule has 0 fully saturated rings. The highest BCUT2D eigenvalue weighted by molar-refractivity contribution is 5.94. The molecule has 1 amide bonds. The number of hydrogen-bond acceptors (Lipinski definition) is 3. The van der Waals surface area contributed by atoms with Crippen LogP contribution in [-0.2, 0) is 4.79 Å². The van der Waals surface area contributed by atoms with Crippen LogP contribution in [0, 0.1) is 5.92 Å². The zero-order chi connectivity index (χ0) is 14.7. The van der Waals surface area contributed by atoms with Crippen LogP contribution in [0.3, 0.4) is 0 Å². The minimum absolute atomic E-state index is 0.155. The zero-order valence-electron chi connectivity index (χ0n) is 11.4. The molecule has 0 aliphatic heterocycles. The van der Waals surface area contributed by atoms with E-state index in [1.165, 1.54) is 4.90 Å². The Labute approximate surface area is 116 Å². The molecule has 1 aromatic carbocycles. The van der Waals surface area contributed by atoms with Gasteiger partial charge in [-0.15, -0.1) is 0 Å². The van der Waals surface area contributed by atoms with Crippen LogP contribution in [-0.4, -0.2) is 40.5 Å². The summed E-state index contributed by atoms with van der Waals surface area (Å²) in [5.41, 5.74) is 1.07. The molecule has 20 heavy (non-hydrogen) atoms. The molecule has 0 spiro atoms. The maximum atomic E-state index is 12.2. The molecular weight excluding hydrogens is 256 g/mol. The molecule has 104 valence electrons. The molecule has 0 radical (unpaired) electrons. The number of benzene rings is 1. The van der Waals surface area contributed by atoms with Crippen LogP contribution in [0.2, 0.25) is 0 Å². The van der Waals surface area contributed by atoms with Gasteiger partial charge in [0.25, 0.3) is 5.91 Å². The van der Waals surface area contributed by atoms with Crippen LogP contribution >= 0.6 is 0 Å². The van der Waals surface area contributed by atoms with Crippen LogP contribution < -0.4 is 0 Å². The molecule has 5 heteroatoms. The summed E-state index contributed by atoms with van der Waals surface area (Å²) < 4.78 is 0. The van der Waals surface area contributed by atoms with E-state index >= 15 is 0 Å². The van der Waals surface area contributed by atoms with Gasteiger partial charge < -0.3 is 10.0 Å². The third-order valence-electron chi connectivity index (χ3n) is 3.13. The van der Waals surface area contributed by atoms with E-state index in [1.807, 2.05) is 30.3 Å². The van der Waals surface area contributed by atoms with E-state index < -0.39 is 11.9 Å². The molecule has 1 N–H and O–H groups in total. The smallest absolute Gasteiger partial charge is 0.308 e. The summed E-state index contributed by atoms with van der Waals surface area (Å²) in [7, 11) is 1.58. The highest BCUT2D eigenvalue weighted by Crippen LogP contribution is 2.13. The molecule has 0 bridgehead atoms. The van der Waals surface area contributed by atoms with Crippen molar-refractivity contribution in [3.63, 3.8) is 0 Å². The molecule has 1 heterocycles. The first-order valence-corrected chi connectivity index (χ1v) is 6.33. The Morgan fingerprint density at radius 2 is 1.95 bits per heavy atom. The first-order valence-electron chi connectivity index (χ1n) is 6.33. The number of hydrogen-bond donors (Lipinski definition) is 1. The normalized spacial score (nSPS) is 12.1. The van der Waals surface area contributed by atoms with Crippen LogP contribution in [0.15, 0.2) is 36.4 Å². The lowest BCUT2D eigenvalue weighted by atomic mass is 10.1. The highest BCUT2D eigenvalue weighted by Gasteiger charge is 2.19. The molecule has 5 nitrogen and oxygen atoms in total. The minimum Gasteiger partial charge on any atom is -0.481 e. The fraction of sp³-hybridized carbons (Fsp3) is 0.267. The first-order chi connectivity index (χ1) is 9.49. The van der Waals surface area contributed by atoms with Gasteiger partial charge in [0.2, 0.25) is 0 Å². The van der Waals surface area contributed by atoms with E-state index in [0.29, 0.717) is 5.69 Å². The number of para-hydroxylation sites is 1. The summed E-state index contributed by atoms with van der Waals surface area (Å²) in [4.78, 5) is 28.7. The summed E-state index contributed by atoms with van der Waals surface area (Å²) in [6.07, 6.45) is 0. The molecule has 1 aromatic heterocycles. The van der Waals surface area contributed by atoms with Gasteiger partial charge in [0.1, 0.15) is 5.69 Å². The second-order valence-electron chi connectivity index (χ2n) is 4.81. The van der Waals surface area contributed by atoms with Crippen molar-refractivity contribution in [3.8, 4) is 0 Å². The van der Waals surface area contributed by atoms with Crippen molar-refractivity contribution in [2.75, 3.05) is 13.6 Å². The van der Waals surface area contributed by atoms with Gasteiger partial charge in [-0.3, -0.25) is 9.59 Å². The fourth-order valence-electron chi connectivity index (χ4n) is 1.95. The van der Waals surface area contributed by atoms with Crippen molar-refractivity contribution in [1.82, 2.24) is 9.88 Å². The zero-order valence-corrected chi connectivity index (χ0v) is 11.4. The van der Waals surface area contributed by atoms with Crippen molar-refractivity contribution in [2.45, 2.75) is 6.92 Å². The van der Waals surface area contributed by atoms with E-state index in [4.69, 9.17) is 5.11 Å². The lowest BCUT2D eigenvalue weighted by Crippen LogP contribution is -2.34. The molecule has 0 aliphatic rings. The van der Waals surface area contributed by atoms with Gasteiger partial charge in [0, 0.05) is 19.0 Å². The minimum atomic E-state index is -0.920. The van der Waals surface area contributed by atoms with Crippen LogP contribution in [0.4, 0.5) is 0 Å². The van der Waals surface area contributed by atoms with E-state index in [-0.39, 0.29) is 12.5 Å². The molecule has 0 aliphatic carbocycles. The number of fused-ring (bicyclic) bond motifs is 1. The SMILES string of the molecule is CC(CN(C)C(=O)c1ccc2ccccc2n1)C(=O)O. The Balaban J connectivity index is 2.20. The molecule has 2 aromatic rings.